The standard InChI is InChI=1S/C10H7BrFN5O/c11-6-3-16-7(4-15-6)17-10(18)5-1-2-14-9(13)8(5)12/h1-4H,(H2,13,14)(H,16,17,18). The molecule has 2 aromatic rings. The Balaban J connectivity index is 2.22. The predicted octanol–water partition coefficient (Wildman–Crippen LogP) is 1.61. The van der Waals surface area contributed by atoms with Crippen molar-refractivity contribution in [2.45, 2.75) is 0 Å². The number of nitrogens with two attached hydrogens (primary N) is 1. The van der Waals surface area contributed by atoms with Crippen molar-refractivity contribution in [1.82, 2.24) is 15.0 Å². The molecule has 3 N–H and O–H groups in total. The van der Waals surface area contributed by atoms with Gasteiger partial charge in [0, 0.05) is 6.20 Å². The lowest BCUT2D eigenvalue weighted by atomic mass is 10.2. The summed E-state index contributed by atoms with van der Waals surface area (Å²) in [5, 5.41) is 2.40. The molecule has 0 saturated heterocycles. The van der Waals surface area contributed by atoms with Gasteiger partial charge in [-0.05, 0) is 22.0 Å². The van der Waals surface area contributed by atoms with Gasteiger partial charge in [0.05, 0.1) is 18.0 Å². The smallest absolute Gasteiger partial charge is 0.260 e. The van der Waals surface area contributed by atoms with Crippen molar-refractivity contribution in [2.24, 2.45) is 0 Å². The van der Waals surface area contributed by atoms with Crippen LogP contribution in [0, 0.1) is 5.82 Å². The molecule has 8 heteroatoms. The predicted molar refractivity (Wildman–Crippen MR) is 66.3 cm³/mol. The lowest BCUT2D eigenvalue weighted by Gasteiger charge is -2.05. The van der Waals surface area contributed by atoms with Crippen molar-refractivity contribution in [3.05, 3.63) is 40.6 Å². The number of hydrogen-bond acceptors (Lipinski definition) is 5. The number of amides is 1. The van der Waals surface area contributed by atoms with E-state index in [9.17, 15) is 9.18 Å². The first-order valence-corrected chi connectivity index (χ1v) is 5.56. The Morgan fingerprint density at radius 3 is 2.78 bits per heavy atom. The Labute approximate surface area is 110 Å². The molecule has 0 fully saturated rings. The van der Waals surface area contributed by atoms with E-state index in [4.69, 9.17) is 5.73 Å². The highest BCUT2D eigenvalue weighted by molar-refractivity contribution is 9.10. The summed E-state index contributed by atoms with van der Waals surface area (Å²) in [5.41, 5.74) is 5.07. The van der Waals surface area contributed by atoms with Crippen LogP contribution in [0.2, 0.25) is 0 Å². The Hall–Kier alpha value is -2.09. The lowest BCUT2D eigenvalue weighted by molar-refractivity contribution is 0.102. The van der Waals surface area contributed by atoms with Crippen LogP contribution < -0.4 is 11.1 Å². The van der Waals surface area contributed by atoms with Crippen LogP contribution in [0.4, 0.5) is 16.0 Å². The molecule has 18 heavy (non-hydrogen) atoms. The van der Waals surface area contributed by atoms with Gasteiger partial charge in [0.15, 0.2) is 17.5 Å². The van der Waals surface area contributed by atoms with Gasteiger partial charge in [-0.2, -0.15) is 0 Å². The number of rotatable bonds is 2. The molecule has 2 rings (SSSR count). The van der Waals surface area contributed by atoms with Crippen LogP contribution in [0.15, 0.2) is 29.3 Å². The van der Waals surface area contributed by atoms with Gasteiger partial charge < -0.3 is 11.1 Å². The van der Waals surface area contributed by atoms with E-state index in [1.807, 2.05) is 0 Å². The molecule has 0 aliphatic carbocycles. The van der Waals surface area contributed by atoms with Gasteiger partial charge in [0.2, 0.25) is 0 Å². The molecular weight excluding hydrogens is 305 g/mol. The van der Waals surface area contributed by atoms with E-state index in [0.29, 0.717) is 4.60 Å². The molecule has 0 aromatic carbocycles. The Kier molecular flexibility index (Phi) is 3.47. The fraction of sp³-hybridized carbons (Fsp3) is 0. The molecule has 0 unspecified atom stereocenters. The zero-order chi connectivity index (χ0) is 13.1. The summed E-state index contributed by atoms with van der Waals surface area (Å²) in [4.78, 5) is 23.0. The van der Waals surface area contributed by atoms with Gasteiger partial charge in [0.1, 0.15) is 4.60 Å². The molecular formula is C10H7BrFN5O. The van der Waals surface area contributed by atoms with E-state index in [1.54, 1.807) is 0 Å². The number of aromatic nitrogens is 3. The van der Waals surface area contributed by atoms with Gasteiger partial charge >= 0.3 is 0 Å². The molecule has 2 aromatic heterocycles. The number of anilines is 2. The third-order valence-corrected chi connectivity index (χ3v) is 2.43. The van der Waals surface area contributed by atoms with Crippen LogP contribution in [0.1, 0.15) is 10.4 Å². The monoisotopic (exact) mass is 311 g/mol. The summed E-state index contributed by atoms with van der Waals surface area (Å²) in [7, 11) is 0. The number of halogens is 2. The first-order valence-electron chi connectivity index (χ1n) is 4.77. The second-order valence-electron chi connectivity index (χ2n) is 3.24. The van der Waals surface area contributed by atoms with E-state index in [1.165, 1.54) is 24.7 Å². The van der Waals surface area contributed by atoms with Crippen LogP contribution in [-0.4, -0.2) is 20.9 Å². The van der Waals surface area contributed by atoms with Crippen molar-refractivity contribution >= 4 is 33.5 Å². The molecule has 0 bridgehead atoms. The van der Waals surface area contributed by atoms with Crippen molar-refractivity contribution in [2.75, 3.05) is 11.1 Å². The zero-order valence-corrected chi connectivity index (χ0v) is 10.5. The highest BCUT2D eigenvalue weighted by atomic mass is 79.9. The quantitative estimate of drug-likeness (QED) is 0.878. The molecule has 0 spiro atoms. The SMILES string of the molecule is Nc1nccc(C(=O)Nc2cnc(Br)cn2)c1F. The fourth-order valence-corrected chi connectivity index (χ4v) is 1.40. The van der Waals surface area contributed by atoms with Gasteiger partial charge in [-0.3, -0.25) is 4.79 Å². The first-order chi connectivity index (χ1) is 8.58. The van der Waals surface area contributed by atoms with E-state index < -0.39 is 11.7 Å². The zero-order valence-electron chi connectivity index (χ0n) is 8.89. The van der Waals surface area contributed by atoms with Crippen LogP contribution in [0.5, 0.6) is 0 Å². The van der Waals surface area contributed by atoms with Gasteiger partial charge in [-0.1, -0.05) is 0 Å². The lowest BCUT2D eigenvalue weighted by Crippen LogP contribution is -2.16. The maximum atomic E-state index is 13.5. The maximum Gasteiger partial charge on any atom is 0.260 e. The van der Waals surface area contributed by atoms with E-state index in [-0.39, 0.29) is 17.2 Å². The second-order valence-corrected chi connectivity index (χ2v) is 4.05. The number of pyridine rings is 1. The van der Waals surface area contributed by atoms with E-state index >= 15 is 0 Å². The molecule has 0 atom stereocenters. The molecule has 2 heterocycles. The minimum absolute atomic E-state index is 0.202. The minimum atomic E-state index is -0.861. The average Bonchev–Trinajstić information content (AvgIpc) is 2.35. The number of nitrogens with one attached hydrogen (secondary N) is 1. The summed E-state index contributed by atoms with van der Waals surface area (Å²) >= 11 is 3.11. The number of nitrogen functional groups attached to an aromatic ring is 1. The van der Waals surface area contributed by atoms with Crippen molar-refractivity contribution in [3.8, 4) is 0 Å². The Morgan fingerprint density at radius 1 is 1.33 bits per heavy atom. The maximum absolute atomic E-state index is 13.5. The van der Waals surface area contributed by atoms with Crippen LogP contribution in [0.25, 0.3) is 0 Å². The number of hydrogen-bond donors (Lipinski definition) is 2. The fourth-order valence-electron chi connectivity index (χ4n) is 1.20. The topological polar surface area (TPSA) is 93.8 Å². The Morgan fingerprint density at radius 2 is 2.11 bits per heavy atom. The normalized spacial score (nSPS) is 10.1. The number of carbonyl (C=O) groups excluding carboxylic acids is 1. The van der Waals surface area contributed by atoms with Crippen LogP contribution >= 0.6 is 15.9 Å². The van der Waals surface area contributed by atoms with Crippen LogP contribution in [0.3, 0.4) is 0 Å². The summed E-state index contributed by atoms with van der Waals surface area (Å²) in [5.74, 6) is -1.65. The van der Waals surface area contributed by atoms with E-state index in [2.05, 4.69) is 36.2 Å². The van der Waals surface area contributed by atoms with Gasteiger partial charge in [-0.25, -0.2) is 19.3 Å². The third-order valence-electron chi connectivity index (χ3n) is 2.02. The Bertz CT molecular complexity index is 589. The number of carbonyl (C=O) groups is 1. The summed E-state index contributed by atoms with van der Waals surface area (Å²) in [6.45, 7) is 0. The van der Waals surface area contributed by atoms with Gasteiger partial charge in [0.25, 0.3) is 5.91 Å². The molecule has 6 nitrogen and oxygen atoms in total. The first kappa shape index (κ1) is 12.4. The highest BCUT2D eigenvalue weighted by Gasteiger charge is 2.15. The number of nitrogens with zero attached hydrogens (tertiary/aromatic N) is 3. The molecule has 0 saturated carbocycles. The molecule has 92 valence electrons. The van der Waals surface area contributed by atoms with Crippen LogP contribution in [-0.2, 0) is 0 Å². The molecule has 0 radical (unpaired) electrons. The highest BCUT2D eigenvalue weighted by Crippen LogP contribution is 2.14. The van der Waals surface area contributed by atoms with Crippen molar-refractivity contribution < 1.29 is 9.18 Å². The van der Waals surface area contributed by atoms with Crippen molar-refractivity contribution in [3.63, 3.8) is 0 Å². The summed E-state index contributed by atoms with van der Waals surface area (Å²) in [6, 6.07) is 1.23. The van der Waals surface area contributed by atoms with Crippen molar-refractivity contribution in [1.29, 1.82) is 0 Å². The van der Waals surface area contributed by atoms with E-state index in [0.717, 1.165) is 0 Å². The average molecular weight is 312 g/mol. The molecule has 0 aliphatic rings. The largest absolute Gasteiger partial charge is 0.381 e. The van der Waals surface area contributed by atoms with Gasteiger partial charge in [-0.15, -0.1) is 0 Å². The molecule has 0 aliphatic heterocycles. The second kappa shape index (κ2) is 5.05. The summed E-state index contributed by atoms with van der Waals surface area (Å²) < 4.78 is 14.1. The summed E-state index contributed by atoms with van der Waals surface area (Å²) in [6.07, 6.45) is 4.00. The molecule has 1 amide bonds. The third kappa shape index (κ3) is 2.59. The minimum Gasteiger partial charge on any atom is -0.381 e.